The van der Waals surface area contributed by atoms with Gasteiger partial charge in [-0.3, -0.25) is 4.99 Å². The summed E-state index contributed by atoms with van der Waals surface area (Å²) in [6, 6.07) is 14.1. The SMILES string of the molecule is CN=C(NCCOc1ccccc1)NCc1ccc(C)s1. The summed E-state index contributed by atoms with van der Waals surface area (Å²) in [6.07, 6.45) is 0. The predicted octanol–water partition coefficient (Wildman–Crippen LogP) is 2.80. The Kier molecular flexibility index (Phi) is 6.09. The minimum atomic E-state index is 0.600. The van der Waals surface area contributed by atoms with Crippen LogP contribution in [0.5, 0.6) is 5.75 Å². The Balaban J connectivity index is 1.66. The molecule has 0 radical (unpaired) electrons. The van der Waals surface area contributed by atoms with Crippen molar-refractivity contribution in [2.75, 3.05) is 20.2 Å². The van der Waals surface area contributed by atoms with E-state index < -0.39 is 0 Å². The maximum absolute atomic E-state index is 5.62. The number of guanidine groups is 1. The summed E-state index contributed by atoms with van der Waals surface area (Å²) < 4.78 is 5.62. The van der Waals surface area contributed by atoms with Crippen molar-refractivity contribution in [1.29, 1.82) is 0 Å². The van der Waals surface area contributed by atoms with Gasteiger partial charge in [-0.05, 0) is 31.2 Å². The second-order valence-electron chi connectivity index (χ2n) is 4.53. The molecule has 0 spiro atoms. The zero-order chi connectivity index (χ0) is 14.9. The normalized spacial score (nSPS) is 11.2. The average molecular weight is 303 g/mol. The van der Waals surface area contributed by atoms with Gasteiger partial charge < -0.3 is 15.4 Å². The lowest BCUT2D eigenvalue weighted by Crippen LogP contribution is -2.38. The highest BCUT2D eigenvalue weighted by Gasteiger charge is 2.00. The third kappa shape index (κ3) is 5.47. The average Bonchev–Trinajstić information content (AvgIpc) is 2.93. The molecule has 2 aromatic rings. The van der Waals surface area contributed by atoms with E-state index in [9.17, 15) is 0 Å². The predicted molar refractivity (Wildman–Crippen MR) is 89.2 cm³/mol. The van der Waals surface area contributed by atoms with Gasteiger partial charge >= 0.3 is 0 Å². The van der Waals surface area contributed by atoms with Crippen molar-refractivity contribution < 1.29 is 4.74 Å². The third-order valence-electron chi connectivity index (χ3n) is 2.86. The van der Waals surface area contributed by atoms with Crippen LogP contribution in [0.1, 0.15) is 9.75 Å². The van der Waals surface area contributed by atoms with Crippen LogP contribution in [0.15, 0.2) is 47.5 Å². The first-order valence-corrected chi connectivity index (χ1v) is 7.77. The Morgan fingerprint density at radius 1 is 1.14 bits per heavy atom. The molecule has 0 aliphatic carbocycles. The molecule has 5 heteroatoms. The lowest BCUT2D eigenvalue weighted by atomic mass is 10.3. The molecule has 0 amide bonds. The maximum Gasteiger partial charge on any atom is 0.191 e. The molecule has 2 N–H and O–H groups in total. The molecule has 0 aliphatic rings. The van der Waals surface area contributed by atoms with E-state index in [1.54, 1.807) is 18.4 Å². The number of rotatable bonds is 6. The fraction of sp³-hybridized carbons (Fsp3) is 0.312. The van der Waals surface area contributed by atoms with E-state index in [0.717, 1.165) is 18.3 Å². The van der Waals surface area contributed by atoms with Crippen LogP contribution in [0.2, 0.25) is 0 Å². The van der Waals surface area contributed by atoms with E-state index in [4.69, 9.17) is 4.74 Å². The van der Waals surface area contributed by atoms with Crippen LogP contribution in [0, 0.1) is 6.92 Å². The molecule has 112 valence electrons. The molecule has 1 aromatic carbocycles. The molecule has 1 aromatic heterocycles. The number of aliphatic imine (C=N–C) groups is 1. The molecule has 0 unspecified atom stereocenters. The van der Waals surface area contributed by atoms with Crippen LogP contribution in [0.3, 0.4) is 0 Å². The Bertz CT molecular complexity index is 566. The molecule has 0 saturated heterocycles. The maximum atomic E-state index is 5.62. The number of nitrogens with zero attached hydrogens (tertiary/aromatic N) is 1. The van der Waals surface area contributed by atoms with Crippen molar-refractivity contribution in [2.45, 2.75) is 13.5 Å². The van der Waals surface area contributed by atoms with Gasteiger partial charge in [-0.15, -0.1) is 11.3 Å². The summed E-state index contributed by atoms with van der Waals surface area (Å²) in [7, 11) is 1.77. The van der Waals surface area contributed by atoms with E-state index in [1.807, 2.05) is 30.3 Å². The Morgan fingerprint density at radius 2 is 1.95 bits per heavy atom. The second-order valence-corrected chi connectivity index (χ2v) is 5.90. The number of aryl methyl sites for hydroxylation is 1. The smallest absolute Gasteiger partial charge is 0.191 e. The quantitative estimate of drug-likeness (QED) is 0.490. The molecular formula is C16H21N3OS. The lowest BCUT2D eigenvalue weighted by Gasteiger charge is -2.12. The Labute approximate surface area is 129 Å². The first kappa shape index (κ1) is 15.4. The van der Waals surface area contributed by atoms with Gasteiger partial charge in [0.25, 0.3) is 0 Å². The summed E-state index contributed by atoms with van der Waals surface area (Å²) in [6.45, 7) is 4.21. The van der Waals surface area contributed by atoms with E-state index in [-0.39, 0.29) is 0 Å². The first-order chi connectivity index (χ1) is 10.3. The van der Waals surface area contributed by atoms with Gasteiger partial charge in [0.05, 0.1) is 13.1 Å². The molecule has 0 aliphatic heterocycles. The molecular weight excluding hydrogens is 282 g/mol. The second kappa shape index (κ2) is 8.32. The molecule has 1 heterocycles. The van der Waals surface area contributed by atoms with Gasteiger partial charge in [-0.1, -0.05) is 18.2 Å². The topological polar surface area (TPSA) is 45.7 Å². The number of benzene rings is 1. The van der Waals surface area contributed by atoms with Crippen molar-refractivity contribution in [2.24, 2.45) is 4.99 Å². The fourth-order valence-electron chi connectivity index (χ4n) is 1.83. The Morgan fingerprint density at radius 3 is 2.62 bits per heavy atom. The molecule has 0 atom stereocenters. The van der Waals surface area contributed by atoms with Crippen molar-refractivity contribution in [3.8, 4) is 5.75 Å². The molecule has 2 rings (SSSR count). The Hall–Kier alpha value is -2.01. The van der Waals surface area contributed by atoms with Gasteiger partial charge in [0.15, 0.2) is 5.96 Å². The van der Waals surface area contributed by atoms with Crippen LogP contribution in [-0.4, -0.2) is 26.2 Å². The van der Waals surface area contributed by atoms with E-state index in [2.05, 4.69) is 34.7 Å². The first-order valence-electron chi connectivity index (χ1n) is 6.95. The van der Waals surface area contributed by atoms with Crippen LogP contribution in [0.25, 0.3) is 0 Å². The summed E-state index contributed by atoms with van der Waals surface area (Å²) in [5.74, 6) is 1.68. The van der Waals surface area contributed by atoms with Crippen molar-refractivity contribution in [3.63, 3.8) is 0 Å². The fourth-order valence-corrected chi connectivity index (χ4v) is 2.66. The highest BCUT2D eigenvalue weighted by atomic mass is 32.1. The standard InChI is InChI=1S/C16H21N3OS/c1-13-8-9-15(21-13)12-19-16(17-2)18-10-11-20-14-6-4-3-5-7-14/h3-9H,10-12H2,1-2H3,(H2,17,18,19). The van der Waals surface area contributed by atoms with Gasteiger partial charge in [0, 0.05) is 16.8 Å². The van der Waals surface area contributed by atoms with Crippen molar-refractivity contribution in [1.82, 2.24) is 10.6 Å². The van der Waals surface area contributed by atoms with Crippen LogP contribution < -0.4 is 15.4 Å². The highest BCUT2D eigenvalue weighted by Crippen LogP contribution is 2.14. The molecule has 0 bridgehead atoms. The summed E-state index contributed by atoms with van der Waals surface area (Å²) in [4.78, 5) is 6.82. The number of para-hydroxylation sites is 1. The van der Waals surface area contributed by atoms with Crippen LogP contribution >= 0.6 is 11.3 Å². The van der Waals surface area contributed by atoms with Crippen molar-refractivity contribution >= 4 is 17.3 Å². The lowest BCUT2D eigenvalue weighted by molar-refractivity contribution is 0.322. The summed E-state index contributed by atoms with van der Waals surface area (Å²) in [5, 5.41) is 6.53. The zero-order valence-electron chi connectivity index (χ0n) is 12.4. The van der Waals surface area contributed by atoms with Crippen LogP contribution in [-0.2, 0) is 6.54 Å². The van der Waals surface area contributed by atoms with Crippen molar-refractivity contribution in [3.05, 3.63) is 52.2 Å². The summed E-state index contributed by atoms with van der Waals surface area (Å²) >= 11 is 1.80. The number of nitrogens with one attached hydrogen (secondary N) is 2. The van der Waals surface area contributed by atoms with E-state index in [1.165, 1.54) is 9.75 Å². The van der Waals surface area contributed by atoms with Gasteiger partial charge in [-0.25, -0.2) is 0 Å². The third-order valence-corrected chi connectivity index (χ3v) is 3.86. The number of ether oxygens (including phenoxy) is 1. The molecule has 0 saturated carbocycles. The van der Waals surface area contributed by atoms with E-state index in [0.29, 0.717) is 13.2 Å². The van der Waals surface area contributed by atoms with E-state index >= 15 is 0 Å². The minimum Gasteiger partial charge on any atom is -0.492 e. The number of thiophene rings is 1. The van der Waals surface area contributed by atoms with Gasteiger partial charge in [-0.2, -0.15) is 0 Å². The minimum absolute atomic E-state index is 0.600. The molecule has 4 nitrogen and oxygen atoms in total. The van der Waals surface area contributed by atoms with Gasteiger partial charge in [0.2, 0.25) is 0 Å². The monoisotopic (exact) mass is 303 g/mol. The number of hydrogen-bond acceptors (Lipinski definition) is 3. The largest absolute Gasteiger partial charge is 0.492 e. The highest BCUT2D eigenvalue weighted by molar-refractivity contribution is 7.11. The summed E-state index contributed by atoms with van der Waals surface area (Å²) in [5.41, 5.74) is 0. The zero-order valence-corrected chi connectivity index (χ0v) is 13.2. The molecule has 21 heavy (non-hydrogen) atoms. The van der Waals surface area contributed by atoms with Crippen LogP contribution in [0.4, 0.5) is 0 Å². The van der Waals surface area contributed by atoms with Gasteiger partial charge in [0.1, 0.15) is 12.4 Å². The number of hydrogen-bond donors (Lipinski definition) is 2. The molecule has 0 fully saturated rings.